The monoisotopic (exact) mass is 512 g/mol. The van der Waals surface area contributed by atoms with E-state index in [-0.39, 0.29) is 38.4 Å². The van der Waals surface area contributed by atoms with Crippen LogP contribution in [0.4, 0.5) is 14.5 Å². The van der Waals surface area contributed by atoms with Crippen LogP contribution in [0, 0.1) is 29.9 Å². The third-order valence-electron chi connectivity index (χ3n) is 5.36. The SMILES string of the molecule is Cc1nc2cc(F)c(-c3cnc(P(C)(C)=O)nc3)nc2c(N[C@H](C)c2cc(C#N)ccc2F)c1Cl. The molecule has 0 unspecified atom stereocenters. The van der Waals surface area contributed by atoms with Crippen LogP contribution in [0.1, 0.15) is 29.8 Å². The fourth-order valence-electron chi connectivity index (χ4n) is 3.56. The van der Waals surface area contributed by atoms with Crippen LogP contribution in [-0.2, 0) is 4.57 Å². The number of hydrogen-bond acceptors (Lipinski definition) is 7. The molecule has 11 heteroatoms. The number of nitrogens with one attached hydrogen (secondary N) is 1. The zero-order valence-corrected chi connectivity index (χ0v) is 20.9. The Morgan fingerprint density at radius 3 is 2.43 bits per heavy atom. The molecule has 3 aromatic heterocycles. The molecule has 0 radical (unpaired) electrons. The van der Waals surface area contributed by atoms with Gasteiger partial charge in [-0.05, 0) is 45.4 Å². The van der Waals surface area contributed by atoms with E-state index in [1.54, 1.807) is 27.2 Å². The van der Waals surface area contributed by atoms with E-state index >= 15 is 4.39 Å². The van der Waals surface area contributed by atoms with Crippen LogP contribution in [0.5, 0.6) is 0 Å². The Hall–Kier alpha value is -3.47. The highest BCUT2D eigenvalue weighted by molar-refractivity contribution is 7.69. The molecule has 0 saturated carbocycles. The van der Waals surface area contributed by atoms with Crippen LogP contribution in [0.3, 0.4) is 0 Å². The van der Waals surface area contributed by atoms with Gasteiger partial charge in [-0.2, -0.15) is 5.26 Å². The molecular formula is C24H20ClF2N6OP. The smallest absolute Gasteiger partial charge is 0.188 e. The maximum atomic E-state index is 15.0. The molecule has 3 heterocycles. The van der Waals surface area contributed by atoms with Gasteiger partial charge in [-0.25, -0.2) is 28.7 Å². The second-order valence-electron chi connectivity index (χ2n) is 8.41. The average molecular weight is 513 g/mol. The molecule has 7 nitrogen and oxygen atoms in total. The number of halogens is 3. The fraction of sp³-hybridized carbons (Fsp3) is 0.208. The minimum atomic E-state index is -2.68. The normalized spacial score (nSPS) is 12.4. The van der Waals surface area contributed by atoms with E-state index < -0.39 is 24.8 Å². The zero-order valence-electron chi connectivity index (χ0n) is 19.3. The van der Waals surface area contributed by atoms with Crippen molar-refractivity contribution in [3.05, 3.63) is 70.1 Å². The fourth-order valence-corrected chi connectivity index (χ4v) is 4.42. The van der Waals surface area contributed by atoms with Crippen molar-refractivity contribution in [2.45, 2.75) is 19.9 Å². The number of fused-ring (bicyclic) bond motifs is 1. The minimum absolute atomic E-state index is 0.0406. The second-order valence-corrected chi connectivity index (χ2v) is 11.9. The maximum absolute atomic E-state index is 15.0. The highest BCUT2D eigenvalue weighted by atomic mass is 35.5. The van der Waals surface area contributed by atoms with E-state index in [0.717, 1.165) is 0 Å². The average Bonchev–Trinajstić information content (AvgIpc) is 2.81. The molecule has 0 fully saturated rings. The molecule has 4 aromatic rings. The summed E-state index contributed by atoms with van der Waals surface area (Å²) < 4.78 is 41.7. The van der Waals surface area contributed by atoms with E-state index in [9.17, 15) is 14.2 Å². The second kappa shape index (κ2) is 9.29. The molecule has 0 amide bonds. The maximum Gasteiger partial charge on any atom is 0.188 e. The van der Waals surface area contributed by atoms with Gasteiger partial charge >= 0.3 is 0 Å². The third kappa shape index (κ3) is 4.86. The van der Waals surface area contributed by atoms with E-state index in [1.165, 1.54) is 36.7 Å². The highest BCUT2D eigenvalue weighted by Gasteiger charge is 2.21. The van der Waals surface area contributed by atoms with Gasteiger partial charge in [0.05, 0.1) is 39.6 Å². The van der Waals surface area contributed by atoms with Crippen LogP contribution < -0.4 is 10.9 Å². The summed E-state index contributed by atoms with van der Waals surface area (Å²) in [6.45, 7) is 6.46. The van der Waals surface area contributed by atoms with Gasteiger partial charge in [0, 0.05) is 29.6 Å². The minimum Gasteiger partial charge on any atom is -0.375 e. The largest absolute Gasteiger partial charge is 0.375 e. The summed E-state index contributed by atoms with van der Waals surface area (Å²) in [7, 11) is -2.68. The molecule has 4 rings (SSSR count). The number of nitrogens with zero attached hydrogens (tertiary/aromatic N) is 5. The van der Waals surface area contributed by atoms with Crippen molar-refractivity contribution in [3.8, 4) is 17.3 Å². The van der Waals surface area contributed by atoms with Crippen LogP contribution >= 0.6 is 18.7 Å². The van der Waals surface area contributed by atoms with Crippen molar-refractivity contribution < 1.29 is 13.3 Å². The molecule has 0 saturated heterocycles. The lowest BCUT2D eigenvalue weighted by Crippen LogP contribution is -2.13. The highest BCUT2D eigenvalue weighted by Crippen LogP contribution is 2.37. The predicted octanol–water partition coefficient (Wildman–Crippen LogP) is 5.62. The summed E-state index contributed by atoms with van der Waals surface area (Å²) in [5.74, 6) is -1.14. The topological polar surface area (TPSA) is 104 Å². The van der Waals surface area contributed by atoms with E-state index in [1.807, 2.05) is 6.07 Å². The number of aryl methyl sites for hydroxylation is 1. The Kier molecular flexibility index (Phi) is 6.54. The lowest BCUT2D eigenvalue weighted by atomic mass is 10.0. The summed E-state index contributed by atoms with van der Waals surface area (Å²) >= 11 is 6.55. The van der Waals surface area contributed by atoms with Crippen LogP contribution in [0.25, 0.3) is 22.3 Å². The first-order valence-corrected chi connectivity index (χ1v) is 13.5. The number of pyridine rings is 2. The van der Waals surface area contributed by atoms with Crippen molar-refractivity contribution in [1.29, 1.82) is 5.26 Å². The Balaban J connectivity index is 1.84. The molecule has 0 bridgehead atoms. The number of nitriles is 1. The van der Waals surface area contributed by atoms with Crippen molar-refractivity contribution >= 4 is 41.0 Å². The Bertz CT molecular complexity index is 1550. The summed E-state index contributed by atoms with van der Waals surface area (Å²) in [5.41, 5.74) is 2.29. The molecule has 1 N–H and O–H groups in total. The number of hydrogen-bond donors (Lipinski definition) is 1. The molecule has 178 valence electrons. The van der Waals surface area contributed by atoms with E-state index in [0.29, 0.717) is 16.9 Å². The summed E-state index contributed by atoms with van der Waals surface area (Å²) in [6, 6.07) is 6.69. The van der Waals surface area contributed by atoms with Gasteiger partial charge in [0.1, 0.15) is 24.2 Å². The van der Waals surface area contributed by atoms with Crippen molar-refractivity contribution in [3.63, 3.8) is 0 Å². The van der Waals surface area contributed by atoms with Gasteiger partial charge in [-0.3, -0.25) is 0 Å². The molecule has 0 aliphatic heterocycles. The number of rotatable bonds is 5. The molecule has 0 spiro atoms. The van der Waals surface area contributed by atoms with Gasteiger partial charge < -0.3 is 9.88 Å². The standard InChI is InChI=1S/C24H20ClF2N6OP/c1-12(16-7-14(9-28)5-6-17(16)26)32-23-20(25)13(2)31-19-8-18(27)21(33-22(19)23)15-10-29-24(30-11-15)35(3,4)34/h5-8,10-12H,1-4H3,(H,31,32)/t12-/m1/s1. The summed E-state index contributed by atoms with van der Waals surface area (Å²) in [5, 5.41) is 12.6. The van der Waals surface area contributed by atoms with E-state index in [2.05, 4.69) is 25.3 Å². The van der Waals surface area contributed by atoms with Crippen molar-refractivity contribution in [2.75, 3.05) is 18.6 Å². The number of anilines is 1. The number of aromatic nitrogens is 4. The van der Waals surface area contributed by atoms with Gasteiger partial charge in [-0.1, -0.05) is 11.6 Å². The first-order chi connectivity index (χ1) is 16.5. The molecule has 0 aliphatic carbocycles. The Morgan fingerprint density at radius 2 is 1.80 bits per heavy atom. The molecule has 35 heavy (non-hydrogen) atoms. The predicted molar refractivity (Wildman–Crippen MR) is 133 cm³/mol. The Labute approximate surface area is 205 Å². The summed E-state index contributed by atoms with van der Waals surface area (Å²) in [4.78, 5) is 17.0. The number of benzene rings is 1. The lowest BCUT2D eigenvalue weighted by Gasteiger charge is -2.20. The van der Waals surface area contributed by atoms with Gasteiger partial charge in [0.15, 0.2) is 11.4 Å². The Morgan fingerprint density at radius 1 is 1.11 bits per heavy atom. The molecular weight excluding hydrogens is 493 g/mol. The lowest BCUT2D eigenvalue weighted by molar-refractivity contribution is 0.587. The summed E-state index contributed by atoms with van der Waals surface area (Å²) in [6.07, 6.45) is 2.72. The van der Waals surface area contributed by atoms with Gasteiger partial charge in [0.2, 0.25) is 0 Å². The van der Waals surface area contributed by atoms with Crippen molar-refractivity contribution in [1.82, 2.24) is 19.9 Å². The molecule has 1 aromatic carbocycles. The third-order valence-corrected chi connectivity index (χ3v) is 7.02. The van der Waals surface area contributed by atoms with Gasteiger partial charge in [0.25, 0.3) is 0 Å². The van der Waals surface area contributed by atoms with Crippen LogP contribution in [-0.4, -0.2) is 33.3 Å². The first kappa shape index (κ1) is 24.6. The van der Waals surface area contributed by atoms with Gasteiger partial charge in [-0.15, -0.1) is 0 Å². The van der Waals surface area contributed by atoms with E-state index in [4.69, 9.17) is 11.6 Å². The first-order valence-electron chi connectivity index (χ1n) is 10.5. The molecule has 0 aliphatic rings. The van der Waals surface area contributed by atoms with Crippen molar-refractivity contribution in [2.24, 2.45) is 0 Å². The zero-order chi connectivity index (χ0) is 25.5. The van der Waals surface area contributed by atoms with Crippen LogP contribution in [0.2, 0.25) is 5.02 Å². The molecule has 1 atom stereocenters. The van der Waals surface area contributed by atoms with Crippen LogP contribution in [0.15, 0.2) is 36.7 Å². The quantitative estimate of drug-likeness (QED) is 0.346.